The van der Waals surface area contributed by atoms with Gasteiger partial charge in [0.05, 0.1) is 10.5 Å². The zero-order valence-electron chi connectivity index (χ0n) is 16.3. The lowest BCUT2D eigenvalue weighted by Gasteiger charge is -2.42. The van der Waals surface area contributed by atoms with E-state index in [9.17, 15) is 14.9 Å². The van der Waals surface area contributed by atoms with Gasteiger partial charge in [-0.2, -0.15) is 0 Å². The lowest BCUT2D eigenvalue weighted by atomic mass is 9.82. The summed E-state index contributed by atoms with van der Waals surface area (Å²) in [4.78, 5) is 25.9. The Morgan fingerprint density at radius 3 is 2.39 bits per heavy atom. The Hall–Kier alpha value is -2.73. The molecule has 6 heteroatoms. The summed E-state index contributed by atoms with van der Waals surface area (Å²) in [5.74, 6) is 0.245. The van der Waals surface area contributed by atoms with E-state index in [1.165, 1.54) is 0 Å². The first kappa shape index (κ1) is 20.0. The van der Waals surface area contributed by atoms with Gasteiger partial charge in [-0.1, -0.05) is 43.3 Å². The number of nitro benzene ring substituents is 1. The highest BCUT2D eigenvalue weighted by atomic mass is 16.6. The van der Waals surface area contributed by atoms with Crippen LogP contribution in [-0.2, 0) is 11.2 Å². The molecule has 2 aromatic carbocycles. The van der Waals surface area contributed by atoms with E-state index in [0.717, 1.165) is 43.7 Å². The van der Waals surface area contributed by atoms with E-state index in [1.54, 1.807) is 12.1 Å². The summed E-state index contributed by atoms with van der Waals surface area (Å²) >= 11 is 0. The second kappa shape index (κ2) is 8.97. The van der Waals surface area contributed by atoms with Crippen LogP contribution in [0.15, 0.2) is 54.6 Å². The van der Waals surface area contributed by atoms with Crippen molar-refractivity contribution in [3.05, 3.63) is 70.3 Å². The highest BCUT2D eigenvalue weighted by Gasteiger charge is 2.39. The zero-order chi connectivity index (χ0) is 20.0. The number of carbonyl (C=O) groups excluding carboxylic acids is 1. The molecule has 3 rings (SSSR count). The first-order chi connectivity index (χ1) is 13.5. The molecule has 0 bridgehead atoms. The SMILES string of the molecule is CCC(=O)C1(Nc2ccccc2)CCN(CCc2ccccc2[N+](=O)[O-])CC1. The molecule has 1 saturated heterocycles. The van der Waals surface area contributed by atoms with Gasteiger partial charge in [0.25, 0.3) is 5.69 Å². The van der Waals surface area contributed by atoms with Crippen molar-refractivity contribution >= 4 is 17.2 Å². The maximum absolute atomic E-state index is 12.7. The summed E-state index contributed by atoms with van der Waals surface area (Å²) < 4.78 is 0. The van der Waals surface area contributed by atoms with E-state index >= 15 is 0 Å². The van der Waals surface area contributed by atoms with Crippen LogP contribution in [0, 0.1) is 10.1 Å². The number of benzene rings is 2. The fourth-order valence-electron chi connectivity index (χ4n) is 3.95. The van der Waals surface area contributed by atoms with Gasteiger partial charge in [0.2, 0.25) is 0 Å². The van der Waals surface area contributed by atoms with Gasteiger partial charge in [0.15, 0.2) is 5.78 Å². The third kappa shape index (κ3) is 4.57. The lowest BCUT2D eigenvalue weighted by molar-refractivity contribution is -0.385. The highest BCUT2D eigenvalue weighted by molar-refractivity contribution is 5.91. The number of likely N-dealkylation sites (tertiary alicyclic amines) is 1. The number of nitro groups is 1. The van der Waals surface area contributed by atoms with E-state index in [-0.39, 0.29) is 16.4 Å². The van der Waals surface area contributed by atoms with Gasteiger partial charge in [-0.25, -0.2) is 0 Å². The van der Waals surface area contributed by atoms with Crippen molar-refractivity contribution in [3.63, 3.8) is 0 Å². The average molecular weight is 381 g/mol. The zero-order valence-corrected chi connectivity index (χ0v) is 16.3. The minimum absolute atomic E-state index is 0.181. The van der Waals surface area contributed by atoms with Crippen LogP contribution in [-0.4, -0.2) is 40.8 Å². The molecule has 148 valence electrons. The number of rotatable bonds is 8. The van der Waals surface area contributed by atoms with Crippen molar-refractivity contribution < 1.29 is 9.72 Å². The van der Waals surface area contributed by atoms with Crippen LogP contribution in [0.3, 0.4) is 0 Å². The van der Waals surface area contributed by atoms with Crippen molar-refractivity contribution in [3.8, 4) is 0 Å². The minimum Gasteiger partial charge on any atom is -0.373 e. The molecule has 0 saturated carbocycles. The summed E-state index contributed by atoms with van der Waals surface area (Å²) in [6, 6.07) is 16.8. The van der Waals surface area contributed by atoms with Gasteiger partial charge in [0.1, 0.15) is 0 Å². The van der Waals surface area contributed by atoms with Gasteiger partial charge < -0.3 is 10.2 Å². The fourth-order valence-corrected chi connectivity index (χ4v) is 3.95. The van der Waals surface area contributed by atoms with E-state index < -0.39 is 5.54 Å². The van der Waals surface area contributed by atoms with Crippen molar-refractivity contribution in [2.75, 3.05) is 25.0 Å². The molecule has 0 spiro atoms. The Morgan fingerprint density at radius 2 is 1.75 bits per heavy atom. The highest BCUT2D eigenvalue weighted by Crippen LogP contribution is 2.29. The fraction of sp³-hybridized carbons (Fsp3) is 0.409. The third-order valence-corrected chi connectivity index (χ3v) is 5.61. The Labute approximate surface area is 165 Å². The molecule has 28 heavy (non-hydrogen) atoms. The van der Waals surface area contributed by atoms with E-state index in [4.69, 9.17) is 0 Å². The molecule has 6 nitrogen and oxygen atoms in total. The maximum Gasteiger partial charge on any atom is 0.272 e. The molecule has 2 aromatic rings. The molecule has 1 heterocycles. The number of para-hydroxylation sites is 2. The minimum atomic E-state index is -0.522. The topological polar surface area (TPSA) is 75.5 Å². The van der Waals surface area contributed by atoms with Crippen LogP contribution < -0.4 is 5.32 Å². The number of Topliss-reactive ketones (excluding diaryl/α,β-unsaturated/α-hetero) is 1. The number of nitrogens with one attached hydrogen (secondary N) is 1. The summed E-state index contributed by atoms with van der Waals surface area (Å²) in [6.45, 7) is 4.27. The summed E-state index contributed by atoms with van der Waals surface area (Å²) in [5.41, 5.74) is 1.39. The van der Waals surface area contributed by atoms with Crippen LogP contribution in [0.2, 0.25) is 0 Å². The summed E-state index contributed by atoms with van der Waals surface area (Å²) in [6.07, 6.45) is 2.63. The Morgan fingerprint density at radius 1 is 1.11 bits per heavy atom. The summed E-state index contributed by atoms with van der Waals surface area (Å²) in [7, 11) is 0. The molecule has 1 aliphatic heterocycles. The predicted molar refractivity (Wildman–Crippen MR) is 111 cm³/mol. The molecule has 0 radical (unpaired) electrons. The summed E-state index contributed by atoms with van der Waals surface area (Å²) in [5, 5.41) is 14.7. The normalized spacial score (nSPS) is 16.5. The van der Waals surface area contributed by atoms with Gasteiger partial charge in [-0.15, -0.1) is 0 Å². The van der Waals surface area contributed by atoms with Crippen LogP contribution >= 0.6 is 0 Å². The van der Waals surface area contributed by atoms with Crippen LogP contribution in [0.25, 0.3) is 0 Å². The van der Waals surface area contributed by atoms with Gasteiger partial charge in [0, 0.05) is 43.4 Å². The molecular formula is C22H27N3O3. The molecule has 1 N–H and O–H groups in total. The van der Waals surface area contributed by atoms with Crippen LogP contribution in [0.4, 0.5) is 11.4 Å². The number of carbonyl (C=O) groups is 1. The number of hydrogen-bond acceptors (Lipinski definition) is 5. The van der Waals surface area contributed by atoms with Gasteiger partial charge >= 0.3 is 0 Å². The third-order valence-electron chi connectivity index (χ3n) is 5.61. The number of hydrogen-bond donors (Lipinski definition) is 1. The van der Waals surface area contributed by atoms with Crippen molar-refractivity contribution in [2.45, 2.75) is 38.1 Å². The van der Waals surface area contributed by atoms with Crippen molar-refractivity contribution in [1.82, 2.24) is 4.90 Å². The Balaban J connectivity index is 1.63. The molecule has 1 fully saturated rings. The number of ketones is 1. The second-order valence-electron chi connectivity index (χ2n) is 7.33. The first-order valence-electron chi connectivity index (χ1n) is 9.85. The molecule has 0 aliphatic carbocycles. The molecule has 0 aromatic heterocycles. The largest absolute Gasteiger partial charge is 0.373 e. The Kier molecular flexibility index (Phi) is 6.41. The van der Waals surface area contributed by atoms with Crippen LogP contribution in [0.1, 0.15) is 31.7 Å². The number of piperidine rings is 1. The second-order valence-corrected chi connectivity index (χ2v) is 7.33. The van der Waals surface area contributed by atoms with E-state index in [0.29, 0.717) is 12.8 Å². The van der Waals surface area contributed by atoms with Crippen molar-refractivity contribution in [1.29, 1.82) is 0 Å². The number of anilines is 1. The quantitative estimate of drug-likeness (QED) is 0.551. The van der Waals surface area contributed by atoms with E-state index in [1.807, 2.05) is 49.4 Å². The smallest absolute Gasteiger partial charge is 0.272 e. The number of nitrogens with zero attached hydrogens (tertiary/aromatic N) is 2. The maximum atomic E-state index is 12.7. The van der Waals surface area contributed by atoms with E-state index in [2.05, 4.69) is 10.2 Å². The monoisotopic (exact) mass is 381 g/mol. The standard InChI is InChI=1S/C22H27N3O3/c1-2-21(26)22(23-19-9-4-3-5-10-19)13-16-24(17-14-22)15-12-18-8-6-7-11-20(18)25(27)28/h3-11,23H,2,12-17H2,1H3. The molecule has 0 atom stereocenters. The van der Waals surface area contributed by atoms with Gasteiger partial charge in [-0.05, 0) is 31.4 Å². The molecular weight excluding hydrogens is 354 g/mol. The lowest BCUT2D eigenvalue weighted by Crippen LogP contribution is -2.54. The Bertz CT molecular complexity index is 815. The molecule has 0 amide bonds. The predicted octanol–water partition coefficient (Wildman–Crippen LogP) is 4.06. The first-order valence-corrected chi connectivity index (χ1v) is 9.85. The average Bonchev–Trinajstić information content (AvgIpc) is 2.73. The van der Waals surface area contributed by atoms with Gasteiger partial charge in [-0.3, -0.25) is 14.9 Å². The molecule has 1 aliphatic rings. The van der Waals surface area contributed by atoms with Crippen molar-refractivity contribution in [2.24, 2.45) is 0 Å². The molecule has 0 unspecified atom stereocenters. The van der Waals surface area contributed by atoms with Crippen LogP contribution in [0.5, 0.6) is 0 Å².